The Bertz CT molecular complexity index is 449. The van der Waals surface area contributed by atoms with Gasteiger partial charge in [0.05, 0.1) is 5.69 Å². The number of thiazole rings is 1. The van der Waals surface area contributed by atoms with E-state index in [2.05, 4.69) is 44.7 Å². The standard InChI is InChI=1S/C15H28N4S/c1-15(2,3)13-12(9-16)20-14(17-13)19(5)10-11-7-6-8-18(11)4/h11H,6-10,16H2,1-5H3. The van der Waals surface area contributed by atoms with Crippen molar-refractivity contribution in [3.8, 4) is 0 Å². The zero-order valence-corrected chi connectivity index (χ0v) is 14.3. The number of anilines is 1. The summed E-state index contributed by atoms with van der Waals surface area (Å²) in [7, 11) is 4.37. The molecule has 114 valence electrons. The highest BCUT2D eigenvalue weighted by Gasteiger charge is 2.26. The van der Waals surface area contributed by atoms with Crippen molar-refractivity contribution in [1.29, 1.82) is 0 Å². The predicted molar refractivity (Wildman–Crippen MR) is 87.6 cm³/mol. The topological polar surface area (TPSA) is 45.4 Å². The Morgan fingerprint density at radius 2 is 2.15 bits per heavy atom. The first-order valence-corrected chi connectivity index (χ1v) is 8.26. The van der Waals surface area contributed by atoms with Crippen LogP contribution in [0.5, 0.6) is 0 Å². The lowest BCUT2D eigenvalue weighted by atomic mass is 9.91. The van der Waals surface area contributed by atoms with E-state index in [1.165, 1.54) is 24.3 Å². The Morgan fingerprint density at radius 1 is 1.45 bits per heavy atom. The van der Waals surface area contributed by atoms with Crippen molar-refractivity contribution in [3.63, 3.8) is 0 Å². The molecule has 0 amide bonds. The van der Waals surface area contributed by atoms with E-state index in [0.29, 0.717) is 12.6 Å². The quantitative estimate of drug-likeness (QED) is 0.927. The lowest BCUT2D eigenvalue weighted by molar-refractivity contribution is 0.314. The van der Waals surface area contributed by atoms with Gasteiger partial charge in [-0.05, 0) is 26.4 Å². The molecule has 1 aromatic heterocycles. The van der Waals surface area contributed by atoms with Gasteiger partial charge in [-0.15, -0.1) is 11.3 Å². The van der Waals surface area contributed by atoms with Crippen LogP contribution in [0.4, 0.5) is 5.13 Å². The number of rotatable bonds is 4. The van der Waals surface area contributed by atoms with Gasteiger partial charge in [-0.25, -0.2) is 4.98 Å². The van der Waals surface area contributed by atoms with E-state index in [-0.39, 0.29) is 5.41 Å². The number of nitrogens with zero attached hydrogens (tertiary/aromatic N) is 3. The van der Waals surface area contributed by atoms with Crippen LogP contribution in [0.2, 0.25) is 0 Å². The third-order valence-electron chi connectivity index (χ3n) is 4.06. The maximum absolute atomic E-state index is 5.89. The fourth-order valence-corrected chi connectivity index (χ4v) is 3.95. The number of likely N-dealkylation sites (tertiary alicyclic amines) is 1. The van der Waals surface area contributed by atoms with Crippen molar-refractivity contribution in [1.82, 2.24) is 9.88 Å². The van der Waals surface area contributed by atoms with Crippen molar-refractivity contribution in [2.75, 3.05) is 32.1 Å². The molecule has 0 aromatic carbocycles. The maximum Gasteiger partial charge on any atom is 0.185 e. The Morgan fingerprint density at radius 3 is 2.60 bits per heavy atom. The molecule has 0 radical (unpaired) electrons. The highest BCUT2D eigenvalue weighted by molar-refractivity contribution is 7.15. The van der Waals surface area contributed by atoms with Crippen LogP contribution in [0.15, 0.2) is 0 Å². The highest BCUT2D eigenvalue weighted by Crippen LogP contribution is 2.33. The van der Waals surface area contributed by atoms with Crippen LogP contribution >= 0.6 is 11.3 Å². The van der Waals surface area contributed by atoms with Gasteiger partial charge in [0.15, 0.2) is 5.13 Å². The molecular formula is C15H28N4S. The Labute approximate surface area is 127 Å². The van der Waals surface area contributed by atoms with Gasteiger partial charge >= 0.3 is 0 Å². The third kappa shape index (κ3) is 3.32. The Hall–Kier alpha value is -0.650. The van der Waals surface area contributed by atoms with Gasteiger partial charge in [-0.3, -0.25) is 0 Å². The van der Waals surface area contributed by atoms with E-state index < -0.39 is 0 Å². The molecule has 1 saturated heterocycles. The summed E-state index contributed by atoms with van der Waals surface area (Å²) in [6.07, 6.45) is 2.61. The molecule has 2 N–H and O–H groups in total. The van der Waals surface area contributed by atoms with Gasteiger partial charge in [0.25, 0.3) is 0 Å². The second kappa shape index (κ2) is 6.00. The summed E-state index contributed by atoms with van der Waals surface area (Å²) in [5.41, 5.74) is 7.11. The van der Waals surface area contributed by atoms with Gasteiger partial charge < -0.3 is 15.5 Å². The largest absolute Gasteiger partial charge is 0.350 e. The molecule has 20 heavy (non-hydrogen) atoms. The molecule has 1 atom stereocenters. The highest BCUT2D eigenvalue weighted by atomic mass is 32.1. The van der Waals surface area contributed by atoms with Crippen LogP contribution in [0.1, 0.15) is 44.2 Å². The first-order chi connectivity index (χ1) is 9.32. The molecule has 2 rings (SSSR count). The van der Waals surface area contributed by atoms with Gasteiger partial charge in [0.2, 0.25) is 0 Å². The van der Waals surface area contributed by atoms with E-state index in [1.807, 2.05) is 0 Å². The molecule has 0 spiro atoms. The summed E-state index contributed by atoms with van der Waals surface area (Å²) in [6.45, 7) is 9.47. The monoisotopic (exact) mass is 296 g/mol. The van der Waals surface area contributed by atoms with E-state index in [1.54, 1.807) is 11.3 Å². The number of hydrogen-bond acceptors (Lipinski definition) is 5. The predicted octanol–water partition coefficient (Wildman–Crippen LogP) is 2.43. The van der Waals surface area contributed by atoms with E-state index in [0.717, 1.165) is 17.4 Å². The lowest BCUT2D eigenvalue weighted by Gasteiger charge is -2.25. The minimum Gasteiger partial charge on any atom is -0.350 e. The van der Waals surface area contributed by atoms with Gasteiger partial charge in [0, 0.05) is 36.5 Å². The molecule has 1 aliphatic heterocycles. The molecule has 4 nitrogen and oxygen atoms in total. The third-order valence-corrected chi connectivity index (χ3v) is 5.26. The molecule has 0 saturated carbocycles. The van der Waals surface area contributed by atoms with Crippen molar-refractivity contribution < 1.29 is 0 Å². The van der Waals surface area contributed by atoms with Crippen molar-refractivity contribution in [2.45, 2.75) is 51.6 Å². The van der Waals surface area contributed by atoms with Crippen LogP contribution in [0, 0.1) is 0 Å². The Balaban J connectivity index is 2.14. The lowest BCUT2D eigenvalue weighted by Crippen LogP contribution is -2.36. The van der Waals surface area contributed by atoms with Crippen molar-refractivity contribution in [3.05, 3.63) is 10.6 Å². The first kappa shape index (κ1) is 15.7. The zero-order valence-electron chi connectivity index (χ0n) is 13.4. The minimum atomic E-state index is 0.0639. The molecule has 1 aliphatic rings. The summed E-state index contributed by atoms with van der Waals surface area (Å²) in [4.78, 5) is 10.8. The maximum atomic E-state index is 5.89. The van der Waals surface area contributed by atoms with Crippen LogP contribution < -0.4 is 10.6 Å². The summed E-state index contributed by atoms with van der Waals surface area (Å²) in [6, 6.07) is 0.656. The first-order valence-electron chi connectivity index (χ1n) is 7.44. The number of hydrogen-bond donors (Lipinski definition) is 1. The summed E-state index contributed by atoms with van der Waals surface area (Å²) < 4.78 is 0. The smallest absolute Gasteiger partial charge is 0.185 e. The fraction of sp³-hybridized carbons (Fsp3) is 0.800. The van der Waals surface area contributed by atoms with Crippen LogP contribution in [0.3, 0.4) is 0 Å². The number of nitrogens with two attached hydrogens (primary N) is 1. The van der Waals surface area contributed by atoms with Gasteiger partial charge in [0.1, 0.15) is 0 Å². The molecule has 2 heterocycles. The average Bonchev–Trinajstić information content (AvgIpc) is 2.95. The second-order valence-electron chi connectivity index (χ2n) is 6.88. The summed E-state index contributed by atoms with van der Waals surface area (Å²) in [5, 5.41) is 1.11. The normalized spacial score (nSPS) is 20.6. The molecule has 1 aromatic rings. The van der Waals surface area contributed by atoms with Gasteiger partial charge in [-0.1, -0.05) is 20.8 Å². The minimum absolute atomic E-state index is 0.0639. The van der Waals surface area contributed by atoms with Crippen LogP contribution in [-0.4, -0.2) is 43.1 Å². The molecule has 0 aliphatic carbocycles. The molecule has 5 heteroatoms. The second-order valence-corrected chi connectivity index (χ2v) is 7.94. The summed E-state index contributed by atoms with van der Waals surface area (Å²) in [5.74, 6) is 0. The fourth-order valence-electron chi connectivity index (χ4n) is 2.83. The van der Waals surface area contributed by atoms with E-state index >= 15 is 0 Å². The molecule has 0 bridgehead atoms. The van der Waals surface area contributed by atoms with Crippen LogP contribution in [0.25, 0.3) is 0 Å². The SMILES string of the molecule is CN(CC1CCCN1C)c1nc(C(C)(C)C)c(CN)s1. The van der Waals surface area contributed by atoms with E-state index in [9.17, 15) is 0 Å². The summed E-state index contributed by atoms with van der Waals surface area (Å²) >= 11 is 1.75. The molecule has 1 fully saturated rings. The van der Waals surface area contributed by atoms with Crippen molar-refractivity contribution in [2.24, 2.45) is 5.73 Å². The van der Waals surface area contributed by atoms with Crippen molar-refractivity contribution >= 4 is 16.5 Å². The van der Waals surface area contributed by atoms with Gasteiger partial charge in [-0.2, -0.15) is 0 Å². The Kier molecular flexibility index (Phi) is 4.72. The number of aromatic nitrogens is 1. The zero-order chi connectivity index (χ0) is 14.9. The van der Waals surface area contributed by atoms with E-state index in [4.69, 9.17) is 10.7 Å². The van der Waals surface area contributed by atoms with Crippen LogP contribution in [-0.2, 0) is 12.0 Å². The molecule has 1 unspecified atom stereocenters. The average molecular weight is 296 g/mol. The molecular weight excluding hydrogens is 268 g/mol. The number of likely N-dealkylation sites (N-methyl/N-ethyl adjacent to an activating group) is 2.